The maximum Gasteiger partial charge on any atom is 0.259 e. The number of rotatable bonds is 7. The highest BCUT2D eigenvalue weighted by Gasteiger charge is 2.38. The van der Waals surface area contributed by atoms with Gasteiger partial charge in [-0.1, -0.05) is 58.9 Å². The molecule has 0 saturated carbocycles. The molecule has 1 amide bonds. The van der Waals surface area contributed by atoms with Gasteiger partial charge in [0.1, 0.15) is 13.2 Å². The third kappa shape index (κ3) is 7.40. The summed E-state index contributed by atoms with van der Waals surface area (Å²) in [6, 6.07) is 2.52. The first kappa shape index (κ1) is 27.9. The fourth-order valence-electron chi connectivity index (χ4n) is 3.91. The Morgan fingerprint density at radius 3 is 2.92 bits per heavy atom. The Labute approximate surface area is 222 Å². The second-order valence-electron chi connectivity index (χ2n) is 8.34. The zero-order chi connectivity index (χ0) is 27.3. The minimum absolute atomic E-state index is 0.157. The van der Waals surface area contributed by atoms with E-state index >= 15 is 0 Å². The maximum atomic E-state index is 13.5. The molecule has 9 nitrogen and oxygen atoms in total. The van der Waals surface area contributed by atoms with Gasteiger partial charge in [0, 0.05) is 24.3 Å². The van der Waals surface area contributed by atoms with Crippen LogP contribution in [0.15, 0.2) is 92.6 Å². The van der Waals surface area contributed by atoms with E-state index in [0.717, 1.165) is 12.8 Å². The van der Waals surface area contributed by atoms with Gasteiger partial charge in [0.25, 0.3) is 11.8 Å². The highest BCUT2D eigenvalue weighted by atomic mass is 16.6. The van der Waals surface area contributed by atoms with E-state index in [4.69, 9.17) is 9.36 Å². The molecule has 196 valence electrons. The summed E-state index contributed by atoms with van der Waals surface area (Å²) in [5.74, 6) is 2.71. The van der Waals surface area contributed by atoms with Gasteiger partial charge in [-0.15, -0.1) is 12.3 Å². The van der Waals surface area contributed by atoms with Crippen LogP contribution in [-0.4, -0.2) is 45.3 Å². The van der Waals surface area contributed by atoms with Crippen molar-refractivity contribution in [2.24, 2.45) is 5.16 Å². The van der Waals surface area contributed by atoms with E-state index in [-0.39, 0.29) is 17.4 Å². The molecule has 3 heterocycles. The van der Waals surface area contributed by atoms with E-state index in [1.54, 1.807) is 24.0 Å². The first-order valence-corrected chi connectivity index (χ1v) is 12.2. The van der Waals surface area contributed by atoms with Crippen molar-refractivity contribution < 1.29 is 14.2 Å². The predicted octanol–water partition coefficient (Wildman–Crippen LogP) is 4.68. The number of hydrogen-bond donors (Lipinski definition) is 1. The van der Waals surface area contributed by atoms with E-state index in [0.29, 0.717) is 35.6 Å². The zero-order valence-electron chi connectivity index (χ0n) is 21.8. The van der Waals surface area contributed by atoms with Crippen LogP contribution < -0.4 is 5.56 Å². The quantitative estimate of drug-likeness (QED) is 0.249. The zero-order valence-corrected chi connectivity index (χ0v) is 21.8. The van der Waals surface area contributed by atoms with Gasteiger partial charge in [0.15, 0.2) is 5.82 Å². The van der Waals surface area contributed by atoms with Crippen LogP contribution in [0.2, 0.25) is 0 Å². The molecular formula is C29H31N5O4. The number of nitrogens with one attached hydrogen (secondary N) is 1. The average Bonchev–Trinajstić information content (AvgIpc) is 3.48. The number of H-pyrrole nitrogens is 1. The molecule has 1 aliphatic carbocycles. The van der Waals surface area contributed by atoms with Gasteiger partial charge in [-0.3, -0.25) is 9.59 Å². The molecule has 1 atom stereocenters. The van der Waals surface area contributed by atoms with Crippen molar-refractivity contribution in [3.63, 3.8) is 0 Å². The van der Waals surface area contributed by atoms with E-state index in [9.17, 15) is 9.59 Å². The van der Waals surface area contributed by atoms with Crippen molar-refractivity contribution in [1.82, 2.24) is 20.0 Å². The number of carbonyl (C=O) groups is 1. The Morgan fingerprint density at radius 1 is 1.39 bits per heavy atom. The molecule has 2 aromatic heterocycles. The second kappa shape index (κ2) is 14.1. The summed E-state index contributed by atoms with van der Waals surface area (Å²) < 4.78 is 5.42. The predicted molar refractivity (Wildman–Crippen MR) is 147 cm³/mol. The summed E-state index contributed by atoms with van der Waals surface area (Å²) >= 11 is 0. The lowest BCUT2D eigenvalue weighted by Crippen LogP contribution is -2.32. The number of terminal acetylenes is 1. The number of carbonyl (C=O) groups excluding carboxylic acids is 1. The lowest BCUT2D eigenvalue weighted by Gasteiger charge is -2.22. The highest BCUT2D eigenvalue weighted by Crippen LogP contribution is 2.32. The van der Waals surface area contributed by atoms with Gasteiger partial charge in [0.2, 0.25) is 5.56 Å². The summed E-state index contributed by atoms with van der Waals surface area (Å²) in [5, 5.41) is 8.18. The Kier molecular flexibility index (Phi) is 10.4. The lowest BCUT2D eigenvalue weighted by atomic mass is 10.1. The summed E-state index contributed by atoms with van der Waals surface area (Å²) in [6.45, 7) is 3.78. The number of allylic oxidation sites excluding steroid dienone is 8. The Hall–Kier alpha value is -4.71. The molecule has 0 bridgehead atoms. The Morgan fingerprint density at radius 2 is 2.21 bits per heavy atom. The summed E-state index contributed by atoms with van der Waals surface area (Å²) in [5.41, 5.74) is 2.80. The van der Waals surface area contributed by atoms with Gasteiger partial charge in [-0.2, -0.15) is 4.98 Å². The third-order valence-electron chi connectivity index (χ3n) is 5.67. The second-order valence-corrected chi connectivity index (χ2v) is 8.34. The number of amides is 1. The number of hydrogen-bond acceptors (Lipinski definition) is 7. The molecular weight excluding hydrogens is 482 g/mol. The van der Waals surface area contributed by atoms with Gasteiger partial charge < -0.3 is 19.2 Å². The van der Waals surface area contributed by atoms with E-state index in [1.807, 2.05) is 25.2 Å². The molecule has 38 heavy (non-hydrogen) atoms. The smallest absolute Gasteiger partial charge is 0.259 e. The molecule has 4 rings (SSSR count). The average molecular weight is 514 g/mol. The van der Waals surface area contributed by atoms with Crippen molar-refractivity contribution in [3.8, 4) is 23.8 Å². The molecule has 1 saturated heterocycles. The Balaban J connectivity index is 0.00000127. The van der Waals surface area contributed by atoms with Gasteiger partial charge in [-0.25, -0.2) is 0 Å². The van der Waals surface area contributed by atoms with Crippen LogP contribution in [0.25, 0.3) is 11.5 Å². The molecule has 2 aromatic rings. The maximum absolute atomic E-state index is 13.5. The van der Waals surface area contributed by atoms with Crippen molar-refractivity contribution in [2.45, 2.75) is 39.2 Å². The number of aromatic amines is 1. The largest absolute Gasteiger partial charge is 0.399 e. The third-order valence-corrected chi connectivity index (χ3v) is 5.67. The fraction of sp³-hybridized carbons (Fsp3) is 0.276. The summed E-state index contributed by atoms with van der Waals surface area (Å²) in [7, 11) is 1.47. The molecule has 1 unspecified atom stereocenters. The monoisotopic (exact) mass is 513 g/mol. The summed E-state index contributed by atoms with van der Waals surface area (Å²) in [6.07, 6.45) is 24.2. The van der Waals surface area contributed by atoms with Gasteiger partial charge in [-0.05, 0) is 38.3 Å². The van der Waals surface area contributed by atoms with Crippen molar-refractivity contribution in [3.05, 3.63) is 94.3 Å². The standard InChI is InChI=1S/C26H27N5O4.C3H4/c1-3-19(12-8-11-18-9-6-4-5-7-10-18)26(33)31-17-21(29-34-2)15-22(31)24-28-25(35-30-24)20-13-14-23(32)27-16-20;1-3-2/h3-4,6-10,12-14,16,22H,5,11,15,17H2,1-2H3,(H,27,32);1H,2H3/b12-8-,19-3+,29-21?;. The first-order chi connectivity index (χ1) is 18.5. The number of likely N-dealkylation sites (tertiary alicyclic amines) is 1. The topological polar surface area (TPSA) is 114 Å². The minimum atomic E-state index is -0.461. The van der Waals surface area contributed by atoms with Crippen LogP contribution in [-0.2, 0) is 9.63 Å². The summed E-state index contributed by atoms with van der Waals surface area (Å²) in [4.78, 5) is 38.6. The van der Waals surface area contributed by atoms with Crippen molar-refractivity contribution >= 4 is 11.6 Å². The number of aromatic nitrogens is 3. The van der Waals surface area contributed by atoms with E-state index in [1.165, 1.54) is 24.9 Å². The molecule has 2 aliphatic rings. The molecule has 0 radical (unpaired) electrons. The van der Waals surface area contributed by atoms with E-state index in [2.05, 4.69) is 56.9 Å². The SMILES string of the molecule is C#CC.C/C=C(\C=C/CC1=CC=CCC=C1)C(=O)N1CC(=NOC)CC1c1noc(-c2ccc(=O)[nH]c2)n1. The van der Waals surface area contributed by atoms with Crippen LogP contribution in [0.3, 0.4) is 0 Å². The normalized spacial score (nSPS) is 18.1. The van der Waals surface area contributed by atoms with Crippen LogP contribution >= 0.6 is 0 Å². The van der Waals surface area contributed by atoms with Crippen LogP contribution in [0.5, 0.6) is 0 Å². The fourth-order valence-corrected chi connectivity index (χ4v) is 3.91. The molecule has 1 aliphatic heterocycles. The Bertz CT molecular complexity index is 1380. The number of oxime groups is 1. The van der Waals surface area contributed by atoms with Crippen molar-refractivity contribution in [2.75, 3.05) is 13.7 Å². The van der Waals surface area contributed by atoms with Crippen LogP contribution in [0.1, 0.15) is 45.0 Å². The molecule has 1 N–H and O–H groups in total. The number of pyridine rings is 1. The van der Waals surface area contributed by atoms with E-state index < -0.39 is 6.04 Å². The molecule has 1 fully saturated rings. The highest BCUT2D eigenvalue weighted by molar-refractivity contribution is 6.01. The lowest BCUT2D eigenvalue weighted by molar-refractivity contribution is -0.127. The minimum Gasteiger partial charge on any atom is -0.399 e. The first-order valence-electron chi connectivity index (χ1n) is 12.2. The van der Waals surface area contributed by atoms with Crippen LogP contribution in [0, 0.1) is 12.3 Å². The molecule has 9 heteroatoms. The van der Waals surface area contributed by atoms with Gasteiger partial charge >= 0.3 is 0 Å². The van der Waals surface area contributed by atoms with Gasteiger partial charge in [0.05, 0.1) is 17.8 Å². The van der Waals surface area contributed by atoms with Crippen molar-refractivity contribution in [1.29, 1.82) is 0 Å². The number of nitrogens with zero attached hydrogens (tertiary/aromatic N) is 4. The molecule has 0 spiro atoms. The van der Waals surface area contributed by atoms with Crippen LogP contribution in [0.4, 0.5) is 0 Å². The molecule has 0 aromatic carbocycles.